The Kier molecular flexibility index (Phi) is 4.77. The Labute approximate surface area is 144 Å². The predicted molar refractivity (Wildman–Crippen MR) is 93.7 cm³/mol. The quantitative estimate of drug-likeness (QED) is 0.669. The van der Waals surface area contributed by atoms with Crippen LogP contribution in [0, 0.1) is 0 Å². The summed E-state index contributed by atoms with van der Waals surface area (Å²) < 4.78 is 12.0. The third-order valence-corrected chi connectivity index (χ3v) is 5.97. The highest BCUT2D eigenvalue weighted by Crippen LogP contribution is 2.40. The van der Waals surface area contributed by atoms with E-state index >= 15 is 0 Å². The van der Waals surface area contributed by atoms with Gasteiger partial charge < -0.3 is 19.7 Å². The first-order chi connectivity index (χ1) is 11.2. The molecule has 0 amide bonds. The van der Waals surface area contributed by atoms with E-state index in [1.165, 1.54) is 0 Å². The van der Waals surface area contributed by atoms with Crippen molar-refractivity contribution in [2.75, 3.05) is 6.61 Å². The van der Waals surface area contributed by atoms with Gasteiger partial charge in [-0.3, -0.25) is 0 Å². The van der Waals surface area contributed by atoms with Gasteiger partial charge in [-0.25, -0.2) is 0 Å². The van der Waals surface area contributed by atoms with Crippen LogP contribution >= 0.6 is 0 Å². The second-order valence-electron chi connectivity index (χ2n) is 7.98. The van der Waals surface area contributed by atoms with Crippen molar-refractivity contribution in [2.24, 2.45) is 0 Å². The zero-order valence-corrected chi connectivity index (χ0v) is 14.9. The topological polar surface area (TPSA) is 58.9 Å². The van der Waals surface area contributed by atoms with Gasteiger partial charge in [-0.1, -0.05) is 24.8 Å². The third-order valence-electron chi connectivity index (χ3n) is 5.97. The van der Waals surface area contributed by atoms with Gasteiger partial charge in [0.05, 0.1) is 24.4 Å². The van der Waals surface area contributed by atoms with E-state index in [1.807, 2.05) is 19.9 Å². The Morgan fingerprint density at radius 3 is 2.67 bits per heavy atom. The minimum absolute atomic E-state index is 0.0448. The first-order valence-electron chi connectivity index (χ1n) is 8.97. The van der Waals surface area contributed by atoms with Crippen molar-refractivity contribution < 1.29 is 19.7 Å². The van der Waals surface area contributed by atoms with Crippen LogP contribution in [0.15, 0.2) is 36.0 Å². The highest BCUT2D eigenvalue weighted by molar-refractivity contribution is 5.27. The molecule has 0 unspecified atom stereocenters. The molecule has 0 aliphatic carbocycles. The number of ether oxygens (including phenoxy) is 2. The van der Waals surface area contributed by atoms with Crippen molar-refractivity contribution in [1.29, 1.82) is 0 Å². The maximum absolute atomic E-state index is 11.1. The third kappa shape index (κ3) is 3.25. The van der Waals surface area contributed by atoms with Crippen LogP contribution in [0.2, 0.25) is 0 Å². The molecule has 134 valence electrons. The van der Waals surface area contributed by atoms with E-state index in [-0.39, 0.29) is 18.3 Å². The molecule has 3 rings (SSSR count). The zero-order chi connectivity index (χ0) is 17.5. The first kappa shape index (κ1) is 17.9. The van der Waals surface area contributed by atoms with E-state index in [0.717, 1.165) is 36.0 Å². The number of fused-ring (bicyclic) bond motifs is 3. The van der Waals surface area contributed by atoms with Crippen molar-refractivity contribution in [2.45, 2.75) is 81.9 Å². The Hall–Kier alpha value is -0.940. The largest absolute Gasteiger partial charge is 0.387 e. The smallest absolute Gasteiger partial charge is 0.118 e. The lowest BCUT2D eigenvalue weighted by molar-refractivity contribution is -0.160. The van der Waals surface area contributed by atoms with Crippen LogP contribution in [0.4, 0.5) is 0 Å². The molecule has 0 aromatic heterocycles. The molecule has 0 radical (unpaired) electrons. The minimum atomic E-state index is -1.02. The predicted octanol–water partition coefficient (Wildman–Crippen LogP) is 3.05. The standard InChI is InChI=1S/C20H30O4/c1-13-5-6-17-19(4,21)9-8-16(24-17)14(2)7-10-20(22)15(3)12-23-18(20)11-13/h11,16-18,21-22H,2-3,5-10,12H2,1,4H3/t16-,17-,18+,19+,20-/m1/s1. The van der Waals surface area contributed by atoms with Gasteiger partial charge in [0.25, 0.3) is 0 Å². The summed E-state index contributed by atoms with van der Waals surface area (Å²) >= 11 is 0. The monoisotopic (exact) mass is 334 g/mol. The van der Waals surface area contributed by atoms with Gasteiger partial charge >= 0.3 is 0 Å². The van der Waals surface area contributed by atoms with E-state index in [1.54, 1.807) is 0 Å². The summed E-state index contributed by atoms with van der Waals surface area (Å²) in [6.45, 7) is 12.5. The van der Waals surface area contributed by atoms with Gasteiger partial charge in [0.2, 0.25) is 0 Å². The Balaban J connectivity index is 1.88. The first-order valence-corrected chi connectivity index (χ1v) is 8.97. The molecule has 2 bridgehead atoms. The molecule has 4 nitrogen and oxygen atoms in total. The molecular weight excluding hydrogens is 304 g/mol. The average Bonchev–Trinajstić information content (AvgIpc) is 2.79. The van der Waals surface area contributed by atoms with Gasteiger partial charge in [-0.15, -0.1) is 0 Å². The lowest BCUT2D eigenvalue weighted by Crippen LogP contribution is -2.48. The summed E-state index contributed by atoms with van der Waals surface area (Å²) in [6, 6.07) is 0. The molecule has 3 aliphatic rings. The van der Waals surface area contributed by atoms with Crippen LogP contribution in [0.25, 0.3) is 0 Å². The normalized spacial score (nSPS) is 44.3. The Bertz CT molecular complexity index is 562. The summed E-state index contributed by atoms with van der Waals surface area (Å²) in [6.07, 6.45) is 5.69. The van der Waals surface area contributed by atoms with Gasteiger partial charge in [-0.05, 0) is 63.5 Å². The van der Waals surface area contributed by atoms with Crippen molar-refractivity contribution in [3.05, 3.63) is 36.0 Å². The van der Waals surface area contributed by atoms with Crippen LogP contribution in [0.1, 0.15) is 52.4 Å². The van der Waals surface area contributed by atoms with Crippen molar-refractivity contribution >= 4 is 0 Å². The van der Waals surface area contributed by atoms with Gasteiger partial charge in [0.15, 0.2) is 0 Å². The van der Waals surface area contributed by atoms with Crippen LogP contribution in [0.5, 0.6) is 0 Å². The maximum Gasteiger partial charge on any atom is 0.118 e. The Morgan fingerprint density at radius 1 is 1.17 bits per heavy atom. The molecule has 2 fully saturated rings. The van der Waals surface area contributed by atoms with Gasteiger partial charge in [0.1, 0.15) is 11.7 Å². The number of rotatable bonds is 0. The molecule has 0 aromatic rings. The summed E-state index contributed by atoms with van der Waals surface area (Å²) in [5, 5.41) is 21.8. The molecule has 3 heterocycles. The number of hydrogen-bond donors (Lipinski definition) is 2. The van der Waals surface area contributed by atoms with E-state index in [2.05, 4.69) is 13.2 Å². The van der Waals surface area contributed by atoms with Crippen LogP contribution in [-0.4, -0.2) is 46.3 Å². The van der Waals surface area contributed by atoms with Crippen LogP contribution in [-0.2, 0) is 9.47 Å². The summed E-state index contributed by atoms with van der Waals surface area (Å²) in [7, 11) is 0. The molecule has 0 saturated carbocycles. The molecule has 2 N–H and O–H groups in total. The molecule has 24 heavy (non-hydrogen) atoms. The second kappa shape index (κ2) is 6.41. The minimum Gasteiger partial charge on any atom is -0.387 e. The lowest BCUT2D eigenvalue weighted by Gasteiger charge is -2.42. The van der Waals surface area contributed by atoms with Crippen molar-refractivity contribution in [1.82, 2.24) is 0 Å². The lowest BCUT2D eigenvalue weighted by atomic mass is 9.80. The fraction of sp³-hybridized carbons (Fsp3) is 0.700. The number of aliphatic hydroxyl groups is 2. The van der Waals surface area contributed by atoms with E-state index in [4.69, 9.17) is 9.47 Å². The molecule has 2 saturated heterocycles. The van der Waals surface area contributed by atoms with E-state index in [0.29, 0.717) is 25.9 Å². The average molecular weight is 334 g/mol. The van der Waals surface area contributed by atoms with Gasteiger partial charge in [-0.2, -0.15) is 0 Å². The van der Waals surface area contributed by atoms with Crippen molar-refractivity contribution in [3.8, 4) is 0 Å². The summed E-state index contributed by atoms with van der Waals surface area (Å²) in [4.78, 5) is 0. The SMILES string of the molecule is C=C1CC[C@@]2(O)C(=C)CO[C@H]2C=C(C)CC[C@H]2O[C@@H]1CC[C@]2(C)O. The molecule has 5 atom stereocenters. The Morgan fingerprint density at radius 2 is 1.92 bits per heavy atom. The van der Waals surface area contributed by atoms with Crippen LogP contribution in [0.3, 0.4) is 0 Å². The fourth-order valence-corrected chi connectivity index (χ4v) is 4.05. The highest BCUT2D eigenvalue weighted by Gasteiger charge is 2.45. The molecule has 0 spiro atoms. The van der Waals surface area contributed by atoms with E-state index in [9.17, 15) is 10.2 Å². The maximum atomic E-state index is 11.1. The molecule has 4 heteroatoms. The van der Waals surface area contributed by atoms with Gasteiger partial charge in [0, 0.05) is 0 Å². The summed E-state index contributed by atoms with van der Waals surface area (Å²) in [5.74, 6) is 0. The highest BCUT2D eigenvalue weighted by atomic mass is 16.5. The van der Waals surface area contributed by atoms with Crippen molar-refractivity contribution in [3.63, 3.8) is 0 Å². The van der Waals surface area contributed by atoms with E-state index < -0.39 is 11.2 Å². The zero-order valence-electron chi connectivity index (χ0n) is 14.9. The van der Waals surface area contributed by atoms with Crippen LogP contribution < -0.4 is 0 Å². The molecular formula is C20H30O4. The second-order valence-corrected chi connectivity index (χ2v) is 7.98. The number of hydrogen-bond acceptors (Lipinski definition) is 4. The molecule has 3 aliphatic heterocycles. The number of allylic oxidation sites excluding steroid dienone is 1. The summed E-state index contributed by atoms with van der Waals surface area (Å²) in [5.41, 5.74) is 1.06. The fourth-order valence-electron chi connectivity index (χ4n) is 4.05. The molecule has 0 aromatic carbocycles.